The maximum Gasteiger partial charge on any atom is 0.387 e. The van der Waals surface area contributed by atoms with Gasteiger partial charge >= 0.3 is 6.61 Å². The maximum atomic E-state index is 12.9. The van der Waals surface area contributed by atoms with Gasteiger partial charge in [0, 0.05) is 11.8 Å². The van der Waals surface area contributed by atoms with Gasteiger partial charge < -0.3 is 10.5 Å². The van der Waals surface area contributed by atoms with Gasteiger partial charge in [0.05, 0.1) is 0 Å². The normalized spacial score (nSPS) is 8.76. The first kappa shape index (κ1) is 18.0. The molecule has 0 saturated carbocycles. The van der Waals surface area contributed by atoms with E-state index in [-0.39, 0.29) is 11.3 Å². The van der Waals surface area contributed by atoms with Gasteiger partial charge in [0.15, 0.2) is 11.6 Å². The molecule has 100 valence electrons. The molecule has 2 N–H and O–H groups in total. The van der Waals surface area contributed by atoms with Crippen molar-refractivity contribution in [1.29, 1.82) is 0 Å². The second kappa shape index (κ2) is 9.81. The van der Waals surface area contributed by atoms with Gasteiger partial charge in [0.1, 0.15) is 0 Å². The van der Waals surface area contributed by atoms with Crippen molar-refractivity contribution < 1.29 is 17.9 Å². The molecular weight excluding hydrogens is 231 g/mol. The minimum absolute atomic E-state index is 0.177. The van der Waals surface area contributed by atoms with Crippen LogP contribution in [0.4, 0.5) is 18.9 Å². The van der Waals surface area contributed by atoms with E-state index in [1.54, 1.807) is 0 Å². The first-order chi connectivity index (χ1) is 8.00. The highest BCUT2D eigenvalue weighted by atomic mass is 19.3. The fraction of sp³-hybridized carbons (Fsp3) is 0.500. The number of nitrogens with two attached hydrogens (primary N) is 1. The molecule has 0 spiro atoms. The predicted octanol–water partition coefficient (Wildman–Crippen LogP) is 4.37. The lowest BCUT2D eigenvalue weighted by Crippen LogP contribution is -2.05. The molecule has 0 radical (unpaired) electrons. The highest BCUT2D eigenvalue weighted by Crippen LogP contribution is 2.26. The van der Waals surface area contributed by atoms with Gasteiger partial charge in [-0.25, -0.2) is 4.39 Å². The molecular formula is C12H20F3NO. The average Bonchev–Trinajstić information content (AvgIpc) is 2.29. The number of aryl methyl sites for hydroxylation is 1. The topological polar surface area (TPSA) is 35.2 Å². The lowest BCUT2D eigenvalue weighted by molar-refractivity contribution is -0.0526. The van der Waals surface area contributed by atoms with Crippen LogP contribution in [0.5, 0.6) is 5.75 Å². The van der Waals surface area contributed by atoms with Gasteiger partial charge in [-0.15, -0.1) is 0 Å². The zero-order valence-corrected chi connectivity index (χ0v) is 10.9. The molecule has 0 fully saturated rings. The summed E-state index contributed by atoms with van der Waals surface area (Å²) in [5.74, 6) is -1.33. The zero-order valence-electron chi connectivity index (χ0n) is 10.9. The Labute approximate surface area is 101 Å². The van der Waals surface area contributed by atoms with E-state index in [9.17, 15) is 13.2 Å². The number of ether oxygens (including phenoxy) is 1. The lowest BCUT2D eigenvalue weighted by Gasteiger charge is -2.09. The summed E-state index contributed by atoms with van der Waals surface area (Å²) in [6.45, 7) is 6.41. The molecule has 0 aliphatic carbocycles. The van der Waals surface area contributed by atoms with Crippen LogP contribution in [-0.2, 0) is 0 Å². The largest absolute Gasteiger partial charge is 0.431 e. The quantitative estimate of drug-likeness (QED) is 0.792. The SMILES string of the molecule is CC.CC.Cc1cc(N)cc(F)c1OC(F)F. The predicted molar refractivity (Wildman–Crippen MR) is 64.9 cm³/mol. The molecule has 0 aromatic heterocycles. The monoisotopic (exact) mass is 251 g/mol. The van der Waals surface area contributed by atoms with Crippen LogP contribution in [0.25, 0.3) is 0 Å². The molecule has 1 aromatic rings. The molecule has 1 rings (SSSR count). The van der Waals surface area contributed by atoms with Gasteiger partial charge in [-0.2, -0.15) is 8.78 Å². The summed E-state index contributed by atoms with van der Waals surface area (Å²) in [6.07, 6.45) is 0. The Morgan fingerprint density at radius 1 is 1.12 bits per heavy atom. The summed E-state index contributed by atoms with van der Waals surface area (Å²) in [5, 5.41) is 0. The summed E-state index contributed by atoms with van der Waals surface area (Å²) >= 11 is 0. The van der Waals surface area contributed by atoms with Gasteiger partial charge in [-0.05, 0) is 18.6 Å². The molecule has 0 heterocycles. The standard InChI is InChI=1S/C8H8F3NO.2C2H6/c1-4-2-5(12)3-6(9)7(4)13-8(10)11;2*1-2/h2-3,8H,12H2,1H3;2*1-2H3. The smallest absolute Gasteiger partial charge is 0.387 e. The highest BCUT2D eigenvalue weighted by molar-refractivity contribution is 5.48. The van der Waals surface area contributed by atoms with Crippen molar-refractivity contribution in [2.75, 3.05) is 5.73 Å². The molecule has 0 amide bonds. The van der Waals surface area contributed by atoms with Crippen molar-refractivity contribution in [3.63, 3.8) is 0 Å². The van der Waals surface area contributed by atoms with Crippen molar-refractivity contribution in [3.05, 3.63) is 23.5 Å². The van der Waals surface area contributed by atoms with E-state index in [0.717, 1.165) is 6.07 Å². The van der Waals surface area contributed by atoms with Crippen LogP contribution in [0.3, 0.4) is 0 Å². The number of anilines is 1. The van der Waals surface area contributed by atoms with Gasteiger partial charge in [0.25, 0.3) is 0 Å². The van der Waals surface area contributed by atoms with Crippen LogP contribution in [0.15, 0.2) is 12.1 Å². The number of nitrogen functional groups attached to an aromatic ring is 1. The summed E-state index contributed by atoms with van der Waals surface area (Å²) in [6, 6.07) is 2.30. The minimum atomic E-state index is -3.03. The molecule has 0 aliphatic rings. The van der Waals surface area contributed by atoms with Gasteiger partial charge in [-0.3, -0.25) is 0 Å². The Kier molecular flexibility index (Phi) is 10.4. The second-order valence-electron chi connectivity index (χ2n) is 2.53. The van der Waals surface area contributed by atoms with Crippen molar-refractivity contribution >= 4 is 5.69 Å². The second-order valence-corrected chi connectivity index (χ2v) is 2.53. The molecule has 0 unspecified atom stereocenters. The van der Waals surface area contributed by atoms with Crippen molar-refractivity contribution in [2.45, 2.75) is 41.2 Å². The van der Waals surface area contributed by atoms with Crippen LogP contribution in [0.1, 0.15) is 33.3 Å². The van der Waals surface area contributed by atoms with E-state index < -0.39 is 18.2 Å². The summed E-state index contributed by atoms with van der Waals surface area (Å²) < 4.78 is 40.4. The summed E-state index contributed by atoms with van der Waals surface area (Å²) in [5.41, 5.74) is 5.70. The summed E-state index contributed by atoms with van der Waals surface area (Å²) in [7, 11) is 0. The van der Waals surface area contributed by atoms with E-state index in [1.807, 2.05) is 27.7 Å². The number of rotatable bonds is 2. The lowest BCUT2D eigenvalue weighted by atomic mass is 10.2. The molecule has 5 heteroatoms. The molecule has 1 aromatic carbocycles. The van der Waals surface area contributed by atoms with Crippen molar-refractivity contribution in [1.82, 2.24) is 0 Å². The number of hydrogen-bond acceptors (Lipinski definition) is 2. The Hall–Kier alpha value is -1.39. The van der Waals surface area contributed by atoms with Gasteiger partial charge in [-0.1, -0.05) is 27.7 Å². The van der Waals surface area contributed by atoms with Crippen LogP contribution in [0.2, 0.25) is 0 Å². The molecule has 0 aliphatic heterocycles. The van der Waals surface area contributed by atoms with E-state index in [4.69, 9.17) is 5.73 Å². The zero-order chi connectivity index (χ0) is 14.0. The van der Waals surface area contributed by atoms with E-state index in [0.29, 0.717) is 0 Å². The molecule has 0 atom stereocenters. The number of benzene rings is 1. The van der Waals surface area contributed by atoms with Crippen molar-refractivity contribution in [3.8, 4) is 5.75 Å². The number of alkyl halides is 2. The first-order valence-corrected chi connectivity index (χ1v) is 5.51. The van der Waals surface area contributed by atoms with E-state index >= 15 is 0 Å². The Morgan fingerprint density at radius 2 is 1.59 bits per heavy atom. The van der Waals surface area contributed by atoms with Crippen molar-refractivity contribution in [2.24, 2.45) is 0 Å². The molecule has 0 saturated heterocycles. The highest BCUT2D eigenvalue weighted by Gasteiger charge is 2.12. The third kappa shape index (κ3) is 6.71. The van der Waals surface area contributed by atoms with E-state index in [1.165, 1.54) is 13.0 Å². The van der Waals surface area contributed by atoms with Crippen LogP contribution >= 0.6 is 0 Å². The molecule has 0 bridgehead atoms. The van der Waals surface area contributed by atoms with Gasteiger partial charge in [0.2, 0.25) is 0 Å². The van der Waals surface area contributed by atoms with Crippen LogP contribution in [0, 0.1) is 12.7 Å². The molecule has 2 nitrogen and oxygen atoms in total. The Morgan fingerprint density at radius 3 is 1.94 bits per heavy atom. The summed E-state index contributed by atoms with van der Waals surface area (Å²) in [4.78, 5) is 0. The Bertz CT molecular complexity index is 294. The van der Waals surface area contributed by atoms with Crippen LogP contribution < -0.4 is 10.5 Å². The fourth-order valence-corrected chi connectivity index (χ4v) is 0.996. The third-order valence-electron chi connectivity index (χ3n) is 1.46. The van der Waals surface area contributed by atoms with Crippen LogP contribution in [-0.4, -0.2) is 6.61 Å². The third-order valence-corrected chi connectivity index (χ3v) is 1.46. The van der Waals surface area contributed by atoms with E-state index in [2.05, 4.69) is 4.74 Å². The number of halogens is 3. The first-order valence-electron chi connectivity index (χ1n) is 5.51. The maximum absolute atomic E-state index is 12.9. The fourth-order valence-electron chi connectivity index (χ4n) is 0.996. The average molecular weight is 251 g/mol. The minimum Gasteiger partial charge on any atom is -0.431 e. The number of hydrogen-bond donors (Lipinski definition) is 1. The molecule has 17 heavy (non-hydrogen) atoms. The Balaban J connectivity index is 0.